The summed E-state index contributed by atoms with van der Waals surface area (Å²) in [6.45, 7) is 4.62. The van der Waals surface area contributed by atoms with Gasteiger partial charge >= 0.3 is 0 Å². The molecule has 0 radical (unpaired) electrons. The topological polar surface area (TPSA) is 124 Å². The molecule has 1 aliphatic rings. The van der Waals surface area contributed by atoms with Crippen molar-refractivity contribution in [1.29, 1.82) is 0 Å². The number of nitrogen functional groups attached to an aromatic ring is 1. The van der Waals surface area contributed by atoms with Crippen LogP contribution in [0.4, 0.5) is 5.82 Å². The zero-order valence-corrected chi connectivity index (χ0v) is 20.5. The van der Waals surface area contributed by atoms with Crippen molar-refractivity contribution in [2.24, 2.45) is 11.7 Å². The van der Waals surface area contributed by atoms with E-state index in [-0.39, 0.29) is 11.8 Å². The van der Waals surface area contributed by atoms with E-state index < -0.39 is 18.0 Å². The summed E-state index contributed by atoms with van der Waals surface area (Å²) in [4.78, 5) is 31.4. The first kappa shape index (κ1) is 24.5. The first-order chi connectivity index (χ1) is 16.8. The van der Waals surface area contributed by atoms with Crippen molar-refractivity contribution in [3.05, 3.63) is 65.4 Å². The number of fused-ring (bicyclic) bond motifs is 1. The van der Waals surface area contributed by atoms with E-state index in [0.29, 0.717) is 25.3 Å². The van der Waals surface area contributed by atoms with E-state index >= 15 is 0 Å². The summed E-state index contributed by atoms with van der Waals surface area (Å²) in [5.74, 6) is 0.881. The number of carbonyl (C=O) groups excluding carboxylic acids is 2. The number of carbonyl (C=O) groups is 2. The lowest BCUT2D eigenvalue weighted by molar-refractivity contribution is -0.129. The smallest absolute Gasteiger partial charge is 0.237 e. The van der Waals surface area contributed by atoms with Crippen LogP contribution >= 0.6 is 0 Å². The molecule has 5 N–H and O–H groups in total. The number of nitrogens with one attached hydrogen (secondary N) is 1. The number of primary amides is 1. The predicted molar refractivity (Wildman–Crippen MR) is 137 cm³/mol. The number of ether oxygens (including phenoxy) is 1. The molecule has 3 aromatic rings. The molecule has 0 bridgehead atoms. The van der Waals surface area contributed by atoms with Crippen molar-refractivity contribution in [3.8, 4) is 5.75 Å². The van der Waals surface area contributed by atoms with Gasteiger partial charge in [-0.25, -0.2) is 4.98 Å². The van der Waals surface area contributed by atoms with Crippen LogP contribution in [0.1, 0.15) is 30.2 Å². The van der Waals surface area contributed by atoms with Gasteiger partial charge in [0, 0.05) is 18.8 Å². The van der Waals surface area contributed by atoms with Gasteiger partial charge in [0.25, 0.3) is 0 Å². The fourth-order valence-corrected chi connectivity index (χ4v) is 5.01. The zero-order chi connectivity index (χ0) is 25.1. The average Bonchev–Trinajstić information content (AvgIpc) is 3.26. The predicted octanol–water partition coefficient (Wildman–Crippen LogP) is 2.56. The Bertz CT molecular complexity index is 1240. The van der Waals surface area contributed by atoms with Crippen molar-refractivity contribution in [1.82, 2.24) is 15.2 Å². The second kappa shape index (κ2) is 10.3. The largest absolute Gasteiger partial charge is 0.496 e. The molecule has 0 spiro atoms. The zero-order valence-electron chi connectivity index (χ0n) is 20.5. The minimum Gasteiger partial charge on any atom is -0.496 e. The van der Waals surface area contributed by atoms with E-state index in [4.69, 9.17) is 16.2 Å². The van der Waals surface area contributed by atoms with Crippen molar-refractivity contribution < 1.29 is 14.3 Å². The van der Waals surface area contributed by atoms with Crippen LogP contribution in [-0.4, -0.2) is 47.4 Å². The highest BCUT2D eigenvalue weighted by Gasteiger charge is 2.40. The van der Waals surface area contributed by atoms with E-state index in [1.807, 2.05) is 43.0 Å². The third-order valence-electron chi connectivity index (χ3n) is 6.96. The molecule has 1 fully saturated rings. The molecule has 4 rings (SSSR count). The summed E-state index contributed by atoms with van der Waals surface area (Å²) in [5.41, 5.74) is 14.2. The molecule has 2 aromatic carbocycles. The SMILES string of the molecule is COc1cc2ccccc2cc1CC1CC(C(N)=O)N([C@@H](C)C(=O)NCc2ccc(N)nc2C)C1. The molecule has 1 saturated heterocycles. The summed E-state index contributed by atoms with van der Waals surface area (Å²) in [5, 5.41) is 5.23. The molecule has 8 nitrogen and oxygen atoms in total. The fraction of sp³-hybridized carbons (Fsp3) is 0.370. The first-order valence-corrected chi connectivity index (χ1v) is 11.9. The number of benzene rings is 2. The summed E-state index contributed by atoms with van der Waals surface area (Å²) in [7, 11) is 1.67. The van der Waals surface area contributed by atoms with Crippen LogP contribution in [0.5, 0.6) is 5.75 Å². The maximum atomic E-state index is 13.0. The van der Waals surface area contributed by atoms with Crippen LogP contribution in [0.3, 0.4) is 0 Å². The Labute approximate surface area is 205 Å². The molecule has 35 heavy (non-hydrogen) atoms. The number of methoxy groups -OCH3 is 1. The number of nitrogens with two attached hydrogens (primary N) is 2. The molecule has 2 amide bonds. The van der Waals surface area contributed by atoms with Crippen LogP contribution in [0, 0.1) is 12.8 Å². The third kappa shape index (κ3) is 5.38. The van der Waals surface area contributed by atoms with Crippen LogP contribution in [0.25, 0.3) is 10.8 Å². The Morgan fingerprint density at radius 2 is 1.89 bits per heavy atom. The van der Waals surface area contributed by atoms with Gasteiger partial charge in [0.05, 0.1) is 19.2 Å². The number of rotatable bonds is 8. The van der Waals surface area contributed by atoms with Gasteiger partial charge in [-0.3, -0.25) is 14.5 Å². The molecule has 184 valence electrons. The highest BCUT2D eigenvalue weighted by Crippen LogP contribution is 2.33. The van der Waals surface area contributed by atoms with E-state index in [2.05, 4.69) is 28.5 Å². The molecule has 1 aliphatic heterocycles. The highest BCUT2D eigenvalue weighted by atomic mass is 16.5. The molecule has 2 unspecified atom stereocenters. The molecule has 0 aliphatic carbocycles. The van der Waals surface area contributed by atoms with E-state index in [1.165, 1.54) is 0 Å². The Morgan fingerprint density at radius 1 is 1.17 bits per heavy atom. The van der Waals surface area contributed by atoms with Gasteiger partial charge in [-0.15, -0.1) is 0 Å². The van der Waals surface area contributed by atoms with Crippen LogP contribution < -0.4 is 21.5 Å². The maximum absolute atomic E-state index is 13.0. The Morgan fingerprint density at radius 3 is 2.54 bits per heavy atom. The number of nitrogens with zero attached hydrogens (tertiary/aromatic N) is 2. The number of hydrogen-bond acceptors (Lipinski definition) is 6. The van der Waals surface area contributed by atoms with Crippen LogP contribution in [0.15, 0.2) is 48.5 Å². The van der Waals surface area contributed by atoms with Crippen molar-refractivity contribution in [2.45, 2.75) is 45.3 Å². The van der Waals surface area contributed by atoms with Crippen molar-refractivity contribution in [3.63, 3.8) is 0 Å². The normalized spacial score (nSPS) is 18.9. The summed E-state index contributed by atoms with van der Waals surface area (Å²) in [6, 6.07) is 14.9. The minimum absolute atomic E-state index is 0.156. The Hall–Kier alpha value is -3.65. The lowest BCUT2D eigenvalue weighted by Gasteiger charge is -2.28. The van der Waals surface area contributed by atoms with Gasteiger partial charge in [-0.1, -0.05) is 30.3 Å². The van der Waals surface area contributed by atoms with E-state index in [1.54, 1.807) is 13.2 Å². The third-order valence-corrected chi connectivity index (χ3v) is 6.96. The van der Waals surface area contributed by atoms with Gasteiger partial charge in [0.1, 0.15) is 11.6 Å². The fourth-order valence-electron chi connectivity index (χ4n) is 5.01. The Kier molecular flexibility index (Phi) is 7.21. The van der Waals surface area contributed by atoms with Crippen LogP contribution in [-0.2, 0) is 22.6 Å². The summed E-state index contributed by atoms with van der Waals surface area (Å²) >= 11 is 0. The van der Waals surface area contributed by atoms with Gasteiger partial charge in [0.2, 0.25) is 11.8 Å². The number of likely N-dealkylation sites (tertiary alicyclic amines) is 1. The molecular weight excluding hydrogens is 442 g/mol. The first-order valence-electron chi connectivity index (χ1n) is 11.9. The van der Waals surface area contributed by atoms with Gasteiger partial charge in [-0.05, 0) is 72.7 Å². The van der Waals surface area contributed by atoms with E-state index in [0.717, 1.165) is 39.8 Å². The standard InChI is InChI=1S/C27H33N5O3/c1-16-21(8-9-25(28)31-16)14-30-27(34)17(2)32-15-18(11-23(32)26(29)33)10-22-12-19-6-4-5-7-20(19)13-24(22)35-3/h4-9,12-13,17-18,23H,10-11,14-15H2,1-3H3,(H2,28,31)(H2,29,33)(H,30,34)/t17-,18?,23?/m0/s1. The van der Waals surface area contributed by atoms with Gasteiger partial charge in [0.15, 0.2) is 0 Å². The summed E-state index contributed by atoms with van der Waals surface area (Å²) in [6.07, 6.45) is 1.34. The molecule has 3 atom stereocenters. The van der Waals surface area contributed by atoms with Gasteiger partial charge in [-0.2, -0.15) is 0 Å². The second-order valence-electron chi connectivity index (χ2n) is 9.31. The molecule has 1 aromatic heterocycles. The number of pyridine rings is 1. The lowest BCUT2D eigenvalue weighted by Crippen LogP contribution is -2.51. The Balaban J connectivity index is 1.46. The van der Waals surface area contributed by atoms with Crippen molar-refractivity contribution in [2.75, 3.05) is 19.4 Å². The average molecular weight is 476 g/mol. The number of hydrogen-bond donors (Lipinski definition) is 3. The lowest BCUT2D eigenvalue weighted by atomic mass is 9.94. The minimum atomic E-state index is -0.502. The van der Waals surface area contributed by atoms with E-state index in [9.17, 15) is 9.59 Å². The summed E-state index contributed by atoms with van der Waals surface area (Å²) < 4.78 is 5.66. The number of aromatic nitrogens is 1. The quantitative estimate of drug-likeness (QED) is 0.460. The number of anilines is 1. The number of aryl methyl sites for hydroxylation is 1. The molecule has 0 saturated carbocycles. The monoisotopic (exact) mass is 475 g/mol. The second-order valence-corrected chi connectivity index (χ2v) is 9.31. The molecule has 8 heteroatoms. The number of amides is 2. The highest BCUT2D eigenvalue weighted by molar-refractivity contribution is 5.86. The molecule has 2 heterocycles. The molecular formula is C27H33N5O3. The van der Waals surface area contributed by atoms with Gasteiger partial charge < -0.3 is 21.5 Å². The van der Waals surface area contributed by atoms with Crippen LogP contribution in [0.2, 0.25) is 0 Å². The maximum Gasteiger partial charge on any atom is 0.237 e. The van der Waals surface area contributed by atoms with Crippen molar-refractivity contribution >= 4 is 28.4 Å².